The van der Waals surface area contributed by atoms with Crippen LogP contribution in [0.2, 0.25) is 0 Å². The number of aromatic nitrogens is 5. The number of rotatable bonds is 4. The SMILES string of the molecule is O=C(O)C(F)(F)F.O=C(O)C(F)(F)F.O=C(O)C(F)(F)F.c1cncc(CN2CCC(c3nc4ccc(-c5ccncc5)cn4n3)C2)c1. The smallest absolute Gasteiger partial charge is 0.475 e. The highest BCUT2D eigenvalue weighted by Gasteiger charge is 2.39. The van der Waals surface area contributed by atoms with Gasteiger partial charge in [-0.2, -0.15) is 44.6 Å². The molecule has 1 saturated heterocycles. The lowest BCUT2D eigenvalue weighted by molar-refractivity contribution is -0.193. The molecule has 3 N–H and O–H groups in total. The molecule has 0 aromatic carbocycles. The molecule has 1 atom stereocenters. The van der Waals surface area contributed by atoms with E-state index in [0.717, 1.165) is 48.7 Å². The van der Waals surface area contributed by atoms with Gasteiger partial charge in [-0.15, -0.1) is 0 Å². The zero-order valence-electron chi connectivity index (χ0n) is 23.9. The van der Waals surface area contributed by atoms with E-state index in [4.69, 9.17) is 39.8 Å². The highest BCUT2D eigenvalue weighted by Crippen LogP contribution is 2.27. The molecule has 12 nitrogen and oxygen atoms in total. The molecule has 0 amide bonds. The number of pyridine rings is 3. The van der Waals surface area contributed by atoms with Crippen LogP contribution in [-0.4, -0.2) is 94.3 Å². The first-order chi connectivity index (χ1) is 22.2. The van der Waals surface area contributed by atoms with Gasteiger partial charge in [-0.3, -0.25) is 14.9 Å². The van der Waals surface area contributed by atoms with Crippen molar-refractivity contribution < 1.29 is 69.2 Å². The van der Waals surface area contributed by atoms with Crippen LogP contribution >= 0.6 is 0 Å². The summed E-state index contributed by atoms with van der Waals surface area (Å²) in [7, 11) is 0. The number of fused-ring (bicyclic) bond motifs is 1. The number of carboxylic acid groups (broad SMARTS) is 3. The third kappa shape index (κ3) is 12.8. The Balaban J connectivity index is 0.000000313. The first-order valence-corrected chi connectivity index (χ1v) is 13.0. The zero-order chi connectivity index (χ0) is 36.3. The van der Waals surface area contributed by atoms with Crippen molar-refractivity contribution in [3.8, 4) is 11.1 Å². The van der Waals surface area contributed by atoms with Gasteiger partial charge >= 0.3 is 36.4 Å². The fourth-order valence-corrected chi connectivity index (χ4v) is 3.73. The van der Waals surface area contributed by atoms with Crippen LogP contribution < -0.4 is 0 Å². The Hall–Kier alpha value is -5.34. The molecule has 48 heavy (non-hydrogen) atoms. The van der Waals surface area contributed by atoms with Gasteiger partial charge in [0, 0.05) is 55.6 Å². The fraction of sp³-hybridized carbons (Fsp3) is 0.296. The van der Waals surface area contributed by atoms with E-state index in [2.05, 4.69) is 27.0 Å². The average molecular weight is 698 g/mol. The minimum Gasteiger partial charge on any atom is -0.475 e. The van der Waals surface area contributed by atoms with Crippen LogP contribution in [0.25, 0.3) is 16.8 Å². The van der Waals surface area contributed by atoms with Crippen LogP contribution in [0.4, 0.5) is 39.5 Å². The first-order valence-electron chi connectivity index (χ1n) is 13.0. The normalized spacial score (nSPS) is 14.8. The molecule has 1 aliphatic rings. The summed E-state index contributed by atoms with van der Waals surface area (Å²) in [5, 5.41) is 26.1. The predicted molar refractivity (Wildman–Crippen MR) is 144 cm³/mol. The lowest BCUT2D eigenvalue weighted by Crippen LogP contribution is -2.21. The van der Waals surface area contributed by atoms with Crippen molar-refractivity contribution in [3.05, 3.63) is 78.8 Å². The summed E-state index contributed by atoms with van der Waals surface area (Å²) >= 11 is 0. The summed E-state index contributed by atoms with van der Waals surface area (Å²) in [6.07, 6.45) is -4.74. The van der Waals surface area contributed by atoms with Crippen LogP contribution in [0.3, 0.4) is 0 Å². The van der Waals surface area contributed by atoms with Gasteiger partial charge < -0.3 is 15.3 Å². The summed E-state index contributed by atoms with van der Waals surface area (Å²) in [5.41, 5.74) is 4.40. The van der Waals surface area contributed by atoms with E-state index in [0.29, 0.717) is 5.92 Å². The molecule has 21 heteroatoms. The number of alkyl halides is 9. The van der Waals surface area contributed by atoms with Gasteiger partial charge in [0.15, 0.2) is 11.5 Å². The Morgan fingerprint density at radius 2 is 1.29 bits per heavy atom. The maximum Gasteiger partial charge on any atom is 0.490 e. The molecule has 0 radical (unpaired) electrons. The van der Waals surface area contributed by atoms with E-state index in [1.807, 2.05) is 59.8 Å². The van der Waals surface area contributed by atoms with Gasteiger partial charge in [0.2, 0.25) is 0 Å². The summed E-state index contributed by atoms with van der Waals surface area (Å²) in [4.78, 5) is 42.2. The summed E-state index contributed by atoms with van der Waals surface area (Å²) in [5.74, 6) is -6.95. The van der Waals surface area contributed by atoms with E-state index < -0.39 is 36.4 Å². The number of nitrogens with zero attached hydrogens (tertiary/aromatic N) is 6. The molecule has 1 aliphatic heterocycles. The molecular weight excluding hydrogens is 675 g/mol. The second-order valence-corrected chi connectivity index (χ2v) is 9.42. The molecule has 1 unspecified atom stereocenters. The van der Waals surface area contributed by atoms with Crippen molar-refractivity contribution in [2.45, 2.75) is 37.4 Å². The maximum absolute atomic E-state index is 10.6. The monoisotopic (exact) mass is 698 g/mol. The Kier molecular flexibility index (Phi) is 13.3. The lowest BCUT2D eigenvalue weighted by atomic mass is 10.1. The fourth-order valence-electron chi connectivity index (χ4n) is 3.73. The Morgan fingerprint density at radius 1 is 0.750 bits per heavy atom. The van der Waals surface area contributed by atoms with Crippen molar-refractivity contribution in [1.29, 1.82) is 0 Å². The zero-order valence-corrected chi connectivity index (χ0v) is 23.9. The first kappa shape index (κ1) is 38.8. The van der Waals surface area contributed by atoms with Crippen molar-refractivity contribution in [2.75, 3.05) is 13.1 Å². The van der Waals surface area contributed by atoms with Gasteiger partial charge in [0.1, 0.15) is 0 Å². The number of likely N-dealkylation sites (tertiary alicyclic amines) is 1. The van der Waals surface area contributed by atoms with Crippen molar-refractivity contribution in [3.63, 3.8) is 0 Å². The molecule has 5 heterocycles. The van der Waals surface area contributed by atoms with Gasteiger partial charge in [0.25, 0.3) is 0 Å². The molecule has 5 rings (SSSR count). The Bertz CT molecular complexity index is 1590. The van der Waals surface area contributed by atoms with E-state index in [9.17, 15) is 39.5 Å². The minimum absolute atomic E-state index is 0.381. The standard InChI is InChI=1S/C21H20N6.3C2HF3O2/c1-2-16(12-23-8-1)13-26-11-7-19(14-26)21-24-20-4-3-18(15-27(20)25-21)17-5-9-22-10-6-17;3*3-2(4,5)1(6)7/h1-6,8-10,12,15,19H,7,11,13-14H2;3*(H,6,7). The molecule has 0 bridgehead atoms. The topological polar surface area (TPSA) is 171 Å². The van der Waals surface area contributed by atoms with Crippen molar-refractivity contribution in [1.82, 2.24) is 29.5 Å². The Morgan fingerprint density at radius 3 is 1.77 bits per heavy atom. The second kappa shape index (κ2) is 16.5. The number of carbonyl (C=O) groups is 3. The van der Waals surface area contributed by atoms with E-state index >= 15 is 0 Å². The third-order valence-electron chi connectivity index (χ3n) is 5.86. The minimum atomic E-state index is -5.08. The quantitative estimate of drug-likeness (QED) is 0.243. The third-order valence-corrected chi connectivity index (χ3v) is 5.86. The van der Waals surface area contributed by atoms with Gasteiger partial charge in [-0.25, -0.2) is 23.9 Å². The molecule has 0 aliphatic carbocycles. The maximum atomic E-state index is 10.6. The molecule has 1 fully saturated rings. The largest absolute Gasteiger partial charge is 0.490 e. The Labute approximate surface area is 263 Å². The average Bonchev–Trinajstić information content (AvgIpc) is 3.64. The van der Waals surface area contributed by atoms with Crippen LogP contribution in [-0.2, 0) is 20.9 Å². The van der Waals surface area contributed by atoms with Crippen LogP contribution in [0.15, 0.2) is 67.4 Å². The lowest BCUT2D eigenvalue weighted by Gasteiger charge is -2.14. The van der Waals surface area contributed by atoms with Gasteiger partial charge in [-0.05, 0) is 54.4 Å². The summed E-state index contributed by atoms with van der Waals surface area (Å²) < 4.78 is 97.1. The van der Waals surface area contributed by atoms with Gasteiger partial charge in [0.05, 0.1) is 0 Å². The predicted octanol–water partition coefficient (Wildman–Crippen LogP) is 5.08. The molecule has 4 aromatic heterocycles. The van der Waals surface area contributed by atoms with Crippen molar-refractivity contribution >= 4 is 23.6 Å². The van der Waals surface area contributed by atoms with Crippen LogP contribution in [0.5, 0.6) is 0 Å². The van der Waals surface area contributed by atoms with E-state index in [1.165, 1.54) is 5.56 Å². The van der Waals surface area contributed by atoms with Crippen LogP contribution in [0, 0.1) is 0 Å². The second-order valence-electron chi connectivity index (χ2n) is 9.42. The van der Waals surface area contributed by atoms with Crippen molar-refractivity contribution in [2.24, 2.45) is 0 Å². The molecule has 260 valence electrons. The molecule has 0 spiro atoms. The molecule has 0 saturated carbocycles. The highest BCUT2D eigenvalue weighted by molar-refractivity contribution is 5.73. The molecule has 4 aromatic rings. The van der Waals surface area contributed by atoms with Crippen LogP contribution in [0.1, 0.15) is 23.7 Å². The number of hydrogen-bond donors (Lipinski definition) is 3. The number of aliphatic carboxylic acids is 3. The summed E-state index contributed by atoms with van der Waals surface area (Å²) in [6.45, 7) is 2.99. The summed E-state index contributed by atoms with van der Waals surface area (Å²) in [6, 6.07) is 12.3. The van der Waals surface area contributed by atoms with Gasteiger partial charge in [-0.1, -0.05) is 6.07 Å². The number of hydrogen-bond acceptors (Lipinski definition) is 8. The number of halogens is 9. The highest BCUT2D eigenvalue weighted by atomic mass is 19.4. The number of carboxylic acids is 3. The van der Waals surface area contributed by atoms with E-state index in [-0.39, 0.29) is 0 Å². The molecular formula is C27H23F9N6O6. The van der Waals surface area contributed by atoms with E-state index in [1.54, 1.807) is 0 Å².